The second kappa shape index (κ2) is 6.33. The van der Waals surface area contributed by atoms with E-state index in [1.165, 1.54) is 46.0 Å². The molecule has 2 aromatic rings. The minimum atomic E-state index is 0.235. The van der Waals surface area contributed by atoms with Gasteiger partial charge in [-0.25, -0.2) is 0 Å². The lowest BCUT2D eigenvalue weighted by molar-refractivity contribution is 0.419. The van der Waals surface area contributed by atoms with Crippen LogP contribution >= 0.6 is 15.9 Å². The number of halogens is 1. The highest BCUT2D eigenvalue weighted by molar-refractivity contribution is 9.10. The molecule has 1 aliphatic carbocycles. The van der Waals surface area contributed by atoms with E-state index in [2.05, 4.69) is 70.6 Å². The molecule has 1 nitrogen and oxygen atoms in total. The number of benzene rings is 2. The van der Waals surface area contributed by atoms with Gasteiger partial charge in [0.05, 0.1) is 6.04 Å². The van der Waals surface area contributed by atoms with Crippen molar-refractivity contribution in [3.05, 3.63) is 69.2 Å². The number of hydrogen-bond acceptors (Lipinski definition) is 1. The van der Waals surface area contributed by atoms with Gasteiger partial charge in [0.15, 0.2) is 0 Å². The second-order valence-electron chi connectivity index (χ2n) is 6.00. The molecule has 0 bridgehead atoms. The van der Waals surface area contributed by atoms with Crippen molar-refractivity contribution in [1.29, 1.82) is 0 Å². The molecule has 0 aromatic heterocycles. The van der Waals surface area contributed by atoms with Gasteiger partial charge in [0, 0.05) is 4.47 Å². The van der Waals surface area contributed by atoms with Gasteiger partial charge in [-0.15, -0.1) is 0 Å². The maximum Gasteiger partial charge on any atom is 0.0585 e. The fourth-order valence-electron chi connectivity index (χ4n) is 3.13. The zero-order valence-electron chi connectivity index (χ0n) is 12.7. The Hall–Kier alpha value is -1.12. The van der Waals surface area contributed by atoms with Gasteiger partial charge in [0.1, 0.15) is 0 Å². The summed E-state index contributed by atoms with van der Waals surface area (Å²) in [6.45, 7) is 2.14. The van der Waals surface area contributed by atoms with Crippen molar-refractivity contribution in [2.45, 2.75) is 38.1 Å². The summed E-state index contributed by atoms with van der Waals surface area (Å²) in [4.78, 5) is 0. The molecule has 0 aliphatic heterocycles. The van der Waals surface area contributed by atoms with Crippen LogP contribution in [0.5, 0.6) is 0 Å². The second-order valence-corrected chi connectivity index (χ2v) is 6.79. The van der Waals surface area contributed by atoms with Crippen molar-refractivity contribution in [2.75, 3.05) is 7.05 Å². The third kappa shape index (κ3) is 2.93. The number of hydrogen-bond donors (Lipinski definition) is 1. The first-order valence-corrected chi connectivity index (χ1v) is 8.52. The monoisotopic (exact) mass is 343 g/mol. The summed E-state index contributed by atoms with van der Waals surface area (Å²) in [5.74, 6) is 0.781. The highest BCUT2D eigenvalue weighted by Crippen LogP contribution is 2.38. The molecule has 2 heteroatoms. The zero-order chi connectivity index (χ0) is 14.8. The van der Waals surface area contributed by atoms with Crippen molar-refractivity contribution < 1.29 is 0 Å². The summed E-state index contributed by atoms with van der Waals surface area (Å²) in [6.07, 6.45) is 4.08. The molecule has 0 saturated heterocycles. The molecule has 1 unspecified atom stereocenters. The van der Waals surface area contributed by atoms with Crippen molar-refractivity contribution in [3.8, 4) is 0 Å². The molecular weight excluding hydrogens is 322 g/mol. The summed E-state index contributed by atoms with van der Waals surface area (Å²) < 4.78 is 1.21. The molecular formula is C19H22BrN. The van der Waals surface area contributed by atoms with Crippen LogP contribution in [0.25, 0.3) is 0 Å². The lowest BCUT2D eigenvalue weighted by Gasteiger charge is -2.27. The van der Waals surface area contributed by atoms with E-state index in [-0.39, 0.29) is 6.04 Å². The number of aryl methyl sites for hydroxylation is 1. The van der Waals surface area contributed by atoms with Crippen LogP contribution in [0.2, 0.25) is 0 Å². The summed E-state index contributed by atoms with van der Waals surface area (Å²) in [5.41, 5.74) is 5.45. The van der Waals surface area contributed by atoms with Crippen LogP contribution in [0.1, 0.15) is 53.5 Å². The lowest BCUT2D eigenvalue weighted by Crippen LogP contribution is -2.19. The molecule has 1 N–H and O–H groups in total. The molecule has 110 valence electrons. The Balaban J connectivity index is 1.97. The van der Waals surface area contributed by atoms with Crippen LogP contribution in [0.4, 0.5) is 0 Å². The van der Waals surface area contributed by atoms with Gasteiger partial charge in [-0.3, -0.25) is 0 Å². The van der Waals surface area contributed by atoms with E-state index in [0.29, 0.717) is 0 Å². The Labute approximate surface area is 135 Å². The van der Waals surface area contributed by atoms with Crippen LogP contribution in [0, 0.1) is 6.92 Å². The highest BCUT2D eigenvalue weighted by atomic mass is 79.9. The van der Waals surface area contributed by atoms with Crippen molar-refractivity contribution in [2.24, 2.45) is 0 Å². The average Bonchev–Trinajstić information content (AvgIpc) is 2.43. The summed E-state index contributed by atoms with van der Waals surface area (Å²) >= 11 is 3.75. The molecule has 0 heterocycles. The van der Waals surface area contributed by atoms with E-state index in [9.17, 15) is 0 Å². The normalized spacial score (nSPS) is 16.5. The van der Waals surface area contributed by atoms with E-state index in [4.69, 9.17) is 0 Å². The Bertz CT molecular complexity index is 631. The van der Waals surface area contributed by atoms with Gasteiger partial charge < -0.3 is 5.32 Å². The van der Waals surface area contributed by atoms with Crippen LogP contribution in [-0.2, 0) is 0 Å². The van der Waals surface area contributed by atoms with Gasteiger partial charge in [-0.05, 0) is 55.0 Å². The van der Waals surface area contributed by atoms with Crippen LogP contribution < -0.4 is 5.32 Å². The minimum Gasteiger partial charge on any atom is -0.309 e. The number of rotatable bonds is 4. The van der Waals surface area contributed by atoms with Crippen LogP contribution in [0.3, 0.4) is 0 Å². The largest absolute Gasteiger partial charge is 0.309 e. The SMILES string of the molecule is CNC(c1cccc(C2CCC2)c1)c1cccc(C)c1Br. The van der Waals surface area contributed by atoms with E-state index in [1.54, 1.807) is 0 Å². The molecule has 3 rings (SSSR count). The smallest absolute Gasteiger partial charge is 0.0585 e. The standard InChI is InChI=1S/C19H22BrN/c1-13-6-3-11-17(18(13)20)19(21-2)16-10-5-9-15(12-16)14-7-4-8-14/h3,5-6,9-12,14,19,21H,4,7-8H2,1-2H3. The molecule has 0 radical (unpaired) electrons. The first-order chi connectivity index (χ1) is 10.2. The maximum absolute atomic E-state index is 3.75. The van der Waals surface area contributed by atoms with Crippen molar-refractivity contribution in [1.82, 2.24) is 5.32 Å². The predicted octanol–water partition coefficient (Wildman–Crippen LogP) is 5.33. The molecule has 1 saturated carbocycles. The Morgan fingerprint density at radius 1 is 1.14 bits per heavy atom. The fourth-order valence-corrected chi connectivity index (χ4v) is 3.62. The lowest BCUT2D eigenvalue weighted by atomic mass is 9.79. The van der Waals surface area contributed by atoms with Crippen molar-refractivity contribution in [3.63, 3.8) is 0 Å². The maximum atomic E-state index is 3.75. The zero-order valence-corrected chi connectivity index (χ0v) is 14.3. The van der Waals surface area contributed by atoms with Gasteiger partial charge in [0.2, 0.25) is 0 Å². The quantitative estimate of drug-likeness (QED) is 0.790. The molecule has 0 spiro atoms. The van der Waals surface area contributed by atoms with E-state index < -0.39 is 0 Å². The first-order valence-electron chi connectivity index (χ1n) is 7.73. The number of nitrogens with one attached hydrogen (secondary N) is 1. The summed E-state index contributed by atoms with van der Waals surface area (Å²) in [6, 6.07) is 15.8. The third-order valence-corrected chi connectivity index (χ3v) is 5.73. The Kier molecular flexibility index (Phi) is 4.46. The fraction of sp³-hybridized carbons (Fsp3) is 0.368. The molecule has 21 heavy (non-hydrogen) atoms. The van der Waals surface area contributed by atoms with E-state index in [1.807, 2.05) is 7.05 Å². The Morgan fingerprint density at radius 2 is 1.90 bits per heavy atom. The molecule has 2 aromatic carbocycles. The van der Waals surface area contributed by atoms with E-state index >= 15 is 0 Å². The summed E-state index contributed by atoms with van der Waals surface area (Å²) in [7, 11) is 2.04. The molecule has 1 atom stereocenters. The highest BCUT2D eigenvalue weighted by Gasteiger charge is 2.21. The van der Waals surface area contributed by atoms with Crippen LogP contribution in [0.15, 0.2) is 46.9 Å². The van der Waals surface area contributed by atoms with Crippen molar-refractivity contribution >= 4 is 15.9 Å². The summed E-state index contributed by atoms with van der Waals surface area (Å²) in [5, 5.41) is 3.47. The van der Waals surface area contributed by atoms with Gasteiger partial charge in [-0.2, -0.15) is 0 Å². The molecule has 0 amide bonds. The first kappa shape index (κ1) is 14.8. The molecule has 1 aliphatic rings. The van der Waals surface area contributed by atoms with Gasteiger partial charge >= 0.3 is 0 Å². The van der Waals surface area contributed by atoms with Crippen LogP contribution in [-0.4, -0.2) is 7.05 Å². The predicted molar refractivity (Wildman–Crippen MR) is 92.8 cm³/mol. The minimum absolute atomic E-state index is 0.235. The topological polar surface area (TPSA) is 12.0 Å². The van der Waals surface area contributed by atoms with Gasteiger partial charge in [0.25, 0.3) is 0 Å². The van der Waals surface area contributed by atoms with Gasteiger partial charge in [-0.1, -0.05) is 64.8 Å². The average molecular weight is 344 g/mol. The van der Waals surface area contributed by atoms with E-state index in [0.717, 1.165) is 5.92 Å². The Morgan fingerprint density at radius 3 is 2.57 bits per heavy atom. The molecule has 1 fully saturated rings. The third-order valence-electron chi connectivity index (χ3n) is 4.64.